The predicted molar refractivity (Wildman–Crippen MR) is 62.2 cm³/mol. The van der Waals surface area contributed by atoms with Crippen LogP contribution in [0.2, 0.25) is 19.6 Å². The lowest BCUT2D eigenvalue weighted by molar-refractivity contribution is 0.816. The lowest BCUT2D eigenvalue weighted by Crippen LogP contribution is -2.38. The average molecular weight is 223 g/mol. The maximum absolute atomic E-state index is 4.22. The van der Waals surface area contributed by atoms with Gasteiger partial charge in [-0.3, -0.25) is 0 Å². The molecule has 2 heterocycles. The van der Waals surface area contributed by atoms with E-state index in [1.807, 2.05) is 22.2 Å². The minimum absolute atomic E-state index is 1.13. The van der Waals surface area contributed by atoms with Gasteiger partial charge >= 0.3 is 0 Å². The molecule has 3 nitrogen and oxygen atoms in total. The molecule has 74 valence electrons. The molecule has 0 aromatic carbocycles. The summed E-state index contributed by atoms with van der Waals surface area (Å²) in [6.45, 7) is 6.82. The predicted octanol–water partition coefficient (Wildman–Crippen LogP) is 1.87. The van der Waals surface area contributed by atoms with Gasteiger partial charge in [0.05, 0.1) is 11.5 Å². The van der Waals surface area contributed by atoms with Crippen LogP contribution in [0, 0.1) is 0 Å². The second-order valence-corrected chi connectivity index (χ2v) is 10.2. The highest BCUT2D eigenvalue weighted by Gasteiger charge is 2.20. The van der Waals surface area contributed by atoms with Crippen molar-refractivity contribution in [3.8, 4) is 5.00 Å². The standard InChI is InChI=1S/C9H13N3SSi/c1-14(2,3)8-7-12(11-10-8)9-5-4-6-13-9/h4-7H,1-3H3. The fourth-order valence-corrected chi connectivity index (χ4v) is 2.62. The molecule has 14 heavy (non-hydrogen) atoms. The summed E-state index contributed by atoms with van der Waals surface area (Å²) in [6.07, 6.45) is 2.05. The molecule has 2 rings (SSSR count). The number of rotatable bonds is 2. The SMILES string of the molecule is C[Si](C)(C)c1cn(-c2cccs2)nn1. The van der Waals surface area contributed by atoms with Crippen molar-refractivity contribution in [1.29, 1.82) is 0 Å². The van der Waals surface area contributed by atoms with Crippen LogP contribution in [0.25, 0.3) is 5.00 Å². The van der Waals surface area contributed by atoms with Crippen LogP contribution >= 0.6 is 11.3 Å². The first kappa shape index (κ1) is 9.61. The van der Waals surface area contributed by atoms with E-state index in [0.29, 0.717) is 0 Å². The largest absolute Gasteiger partial charge is 0.211 e. The molecule has 0 saturated heterocycles. The van der Waals surface area contributed by atoms with Crippen LogP contribution in [0.4, 0.5) is 0 Å². The van der Waals surface area contributed by atoms with Crippen molar-refractivity contribution in [3.63, 3.8) is 0 Å². The first-order valence-electron chi connectivity index (χ1n) is 4.54. The van der Waals surface area contributed by atoms with Gasteiger partial charge < -0.3 is 0 Å². The van der Waals surface area contributed by atoms with Gasteiger partial charge in [0.2, 0.25) is 0 Å². The van der Waals surface area contributed by atoms with Crippen molar-refractivity contribution in [2.45, 2.75) is 19.6 Å². The lowest BCUT2D eigenvalue weighted by Gasteiger charge is -2.09. The minimum Gasteiger partial charge on any atom is -0.211 e. The molecule has 0 fully saturated rings. The van der Waals surface area contributed by atoms with Gasteiger partial charge in [-0.25, -0.2) is 4.68 Å². The molecule has 2 aromatic rings. The van der Waals surface area contributed by atoms with Crippen molar-refractivity contribution in [1.82, 2.24) is 15.0 Å². The summed E-state index contributed by atoms with van der Waals surface area (Å²) in [6, 6.07) is 4.07. The maximum Gasteiger partial charge on any atom is 0.119 e. The second-order valence-electron chi connectivity index (χ2n) is 4.25. The van der Waals surface area contributed by atoms with Crippen LogP contribution in [-0.2, 0) is 0 Å². The number of thiophene rings is 1. The summed E-state index contributed by atoms with van der Waals surface area (Å²) in [5.41, 5.74) is 0. The first-order valence-corrected chi connectivity index (χ1v) is 8.92. The second kappa shape index (κ2) is 3.32. The Labute approximate surface area is 88.4 Å². The van der Waals surface area contributed by atoms with Crippen molar-refractivity contribution in [2.75, 3.05) is 0 Å². The van der Waals surface area contributed by atoms with Gasteiger partial charge in [0.15, 0.2) is 0 Å². The molecule has 2 aromatic heterocycles. The quantitative estimate of drug-likeness (QED) is 0.728. The molecular weight excluding hydrogens is 210 g/mol. The molecule has 0 spiro atoms. The van der Waals surface area contributed by atoms with Gasteiger partial charge in [0, 0.05) is 0 Å². The van der Waals surface area contributed by atoms with Crippen LogP contribution in [0.3, 0.4) is 0 Å². The van der Waals surface area contributed by atoms with Crippen LogP contribution in [0.5, 0.6) is 0 Å². The molecule has 5 heteroatoms. The summed E-state index contributed by atoms with van der Waals surface area (Å²) in [4.78, 5) is 0. The van der Waals surface area contributed by atoms with E-state index in [-0.39, 0.29) is 0 Å². The number of hydrogen-bond donors (Lipinski definition) is 0. The van der Waals surface area contributed by atoms with E-state index in [4.69, 9.17) is 0 Å². The third-order valence-electron chi connectivity index (χ3n) is 1.99. The average Bonchev–Trinajstić information content (AvgIpc) is 2.73. The zero-order valence-electron chi connectivity index (χ0n) is 8.56. The summed E-state index contributed by atoms with van der Waals surface area (Å²) in [5, 5.41) is 12.7. The normalized spacial score (nSPS) is 11.9. The molecular formula is C9H13N3SSi. The van der Waals surface area contributed by atoms with E-state index in [2.05, 4.69) is 36.1 Å². The van der Waals surface area contributed by atoms with Crippen LogP contribution < -0.4 is 5.32 Å². The molecule has 0 atom stereocenters. The maximum atomic E-state index is 4.22. The smallest absolute Gasteiger partial charge is 0.119 e. The van der Waals surface area contributed by atoms with E-state index in [1.165, 1.54) is 0 Å². The number of nitrogens with zero attached hydrogens (tertiary/aromatic N) is 3. The molecule has 0 aliphatic rings. The van der Waals surface area contributed by atoms with E-state index in [9.17, 15) is 0 Å². The molecule has 0 aliphatic heterocycles. The Balaban J connectivity index is 2.36. The van der Waals surface area contributed by atoms with Gasteiger partial charge in [-0.05, 0) is 17.5 Å². The van der Waals surface area contributed by atoms with Crippen molar-refractivity contribution >= 4 is 24.7 Å². The van der Waals surface area contributed by atoms with E-state index >= 15 is 0 Å². The van der Waals surface area contributed by atoms with Gasteiger partial charge in [0.1, 0.15) is 13.1 Å². The Kier molecular flexibility index (Phi) is 2.28. The molecule has 0 bridgehead atoms. The van der Waals surface area contributed by atoms with E-state index < -0.39 is 8.07 Å². The third kappa shape index (κ3) is 1.78. The van der Waals surface area contributed by atoms with Gasteiger partial charge in [-0.15, -0.1) is 16.4 Å². The Hall–Kier alpha value is -0.943. The monoisotopic (exact) mass is 223 g/mol. The van der Waals surface area contributed by atoms with Crippen LogP contribution in [0.15, 0.2) is 23.7 Å². The van der Waals surface area contributed by atoms with Crippen LogP contribution in [0.1, 0.15) is 0 Å². The highest BCUT2D eigenvalue weighted by atomic mass is 32.1. The zero-order chi connectivity index (χ0) is 10.2. The minimum atomic E-state index is -1.31. The summed E-state index contributed by atoms with van der Waals surface area (Å²) in [7, 11) is -1.31. The van der Waals surface area contributed by atoms with Gasteiger partial charge in [0.25, 0.3) is 0 Å². The van der Waals surface area contributed by atoms with Gasteiger partial charge in [-0.2, -0.15) is 0 Å². The van der Waals surface area contributed by atoms with Gasteiger partial charge in [-0.1, -0.05) is 24.9 Å². The van der Waals surface area contributed by atoms with E-state index in [1.54, 1.807) is 11.3 Å². The van der Waals surface area contributed by atoms with E-state index in [0.717, 1.165) is 10.3 Å². The Morgan fingerprint density at radius 1 is 1.36 bits per heavy atom. The van der Waals surface area contributed by atoms with Crippen molar-refractivity contribution in [3.05, 3.63) is 23.7 Å². The zero-order valence-corrected chi connectivity index (χ0v) is 10.4. The molecule has 0 aliphatic carbocycles. The Morgan fingerprint density at radius 2 is 2.14 bits per heavy atom. The summed E-state index contributed by atoms with van der Waals surface area (Å²) < 4.78 is 1.86. The highest BCUT2D eigenvalue weighted by molar-refractivity contribution is 7.12. The summed E-state index contributed by atoms with van der Waals surface area (Å²) >= 11 is 1.68. The fourth-order valence-electron chi connectivity index (χ4n) is 1.12. The lowest BCUT2D eigenvalue weighted by atomic mass is 10.6. The Morgan fingerprint density at radius 3 is 2.64 bits per heavy atom. The topological polar surface area (TPSA) is 30.7 Å². The fraction of sp³-hybridized carbons (Fsp3) is 0.333. The third-order valence-corrected chi connectivity index (χ3v) is 4.62. The number of hydrogen-bond acceptors (Lipinski definition) is 3. The molecule has 0 radical (unpaired) electrons. The Bertz CT molecular complexity index is 413. The van der Waals surface area contributed by atoms with Crippen molar-refractivity contribution < 1.29 is 0 Å². The molecule has 0 saturated carbocycles. The highest BCUT2D eigenvalue weighted by Crippen LogP contribution is 2.12. The van der Waals surface area contributed by atoms with Crippen LogP contribution in [-0.4, -0.2) is 23.1 Å². The molecule has 0 N–H and O–H groups in total. The number of aromatic nitrogens is 3. The molecule has 0 amide bonds. The molecule has 0 unspecified atom stereocenters. The van der Waals surface area contributed by atoms with Crippen molar-refractivity contribution in [2.24, 2.45) is 0 Å². The first-order chi connectivity index (χ1) is 6.57. The summed E-state index contributed by atoms with van der Waals surface area (Å²) in [5.74, 6) is 0.